The van der Waals surface area contributed by atoms with E-state index in [-0.39, 0.29) is 17.1 Å². The Balaban J connectivity index is 1.45. The van der Waals surface area contributed by atoms with E-state index < -0.39 is 0 Å². The second kappa shape index (κ2) is 9.19. The molecule has 5 rings (SSSR count). The number of rotatable bonds is 4. The van der Waals surface area contributed by atoms with Crippen LogP contribution < -0.4 is 5.32 Å². The zero-order chi connectivity index (χ0) is 25.4. The zero-order valence-corrected chi connectivity index (χ0v) is 21.1. The Labute approximate surface area is 210 Å². The van der Waals surface area contributed by atoms with E-state index in [9.17, 15) is 9.59 Å². The highest BCUT2D eigenvalue weighted by Crippen LogP contribution is 2.34. The van der Waals surface area contributed by atoms with Crippen LogP contribution in [0.2, 0.25) is 0 Å². The molecule has 182 valence electrons. The number of allylic oxidation sites excluding steroid dienone is 2. The van der Waals surface area contributed by atoms with E-state index in [4.69, 9.17) is 0 Å². The predicted molar refractivity (Wildman–Crippen MR) is 144 cm³/mol. The predicted octanol–water partition coefficient (Wildman–Crippen LogP) is 6.62. The van der Waals surface area contributed by atoms with Crippen molar-refractivity contribution >= 4 is 34.0 Å². The van der Waals surface area contributed by atoms with Gasteiger partial charge in [0.05, 0.1) is 5.69 Å². The Morgan fingerprint density at radius 2 is 1.81 bits per heavy atom. The molecule has 4 aromatic rings. The van der Waals surface area contributed by atoms with E-state index in [0.29, 0.717) is 18.4 Å². The number of nitrogens with zero attached hydrogens (tertiary/aromatic N) is 2. The van der Waals surface area contributed by atoms with E-state index in [1.807, 2.05) is 55.5 Å². The number of aromatic amines is 1. The number of Topliss-reactive ketones (excluding diaryl/α,β-unsaturated/α-hetero) is 1. The fraction of sp³-hybridized carbons (Fsp3) is 0.267. The maximum Gasteiger partial charge on any atom is 0.255 e. The van der Waals surface area contributed by atoms with Crippen molar-refractivity contribution in [2.75, 3.05) is 5.32 Å². The smallest absolute Gasteiger partial charge is 0.255 e. The average Bonchev–Trinajstić information content (AvgIpc) is 3.30. The lowest BCUT2D eigenvalue weighted by atomic mass is 9.86. The minimum absolute atomic E-state index is 0.0336. The van der Waals surface area contributed by atoms with Crippen LogP contribution in [-0.4, -0.2) is 26.6 Å². The number of ketones is 1. The summed E-state index contributed by atoms with van der Waals surface area (Å²) in [5.41, 5.74) is 8.11. The van der Waals surface area contributed by atoms with Gasteiger partial charge < -0.3 is 10.3 Å². The molecular weight excluding hydrogens is 448 g/mol. The molecule has 0 bridgehead atoms. The number of amides is 1. The van der Waals surface area contributed by atoms with Gasteiger partial charge in [-0.1, -0.05) is 51.1 Å². The van der Waals surface area contributed by atoms with E-state index in [0.717, 1.165) is 51.2 Å². The summed E-state index contributed by atoms with van der Waals surface area (Å²) in [6.45, 7) is 8.45. The first-order valence-corrected chi connectivity index (χ1v) is 12.3. The molecule has 1 amide bonds. The van der Waals surface area contributed by atoms with Crippen molar-refractivity contribution in [1.82, 2.24) is 15.0 Å². The molecule has 0 radical (unpaired) electrons. The lowest BCUT2D eigenvalue weighted by Gasteiger charge is -2.19. The van der Waals surface area contributed by atoms with Gasteiger partial charge in [-0.2, -0.15) is 0 Å². The summed E-state index contributed by atoms with van der Waals surface area (Å²) >= 11 is 0. The van der Waals surface area contributed by atoms with Gasteiger partial charge in [0, 0.05) is 40.7 Å². The molecular formula is C30H30N4O2. The number of H-pyrrole nitrogens is 1. The zero-order valence-electron chi connectivity index (χ0n) is 21.1. The maximum atomic E-state index is 13.0. The van der Waals surface area contributed by atoms with Gasteiger partial charge in [-0.3, -0.25) is 9.59 Å². The first kappa shape index (κ1) is 23.7. The fourth-order valence-electron chi connectivity index (χ4n) is 4.63. The third-order valence-corrected chi connectivity index (χ3v) is 6.87. The van der Waals surface area contributed by atoms with Crippen molar-refractivity contribution in [2.45, 2.75) is 52.4 Å². The fourth-order valence-corrected chi connectivity index (χ4v) is 4.63. The molecule has 36 heavy (non-hydrogen) atoms. The van der Waals surface area contributed by atoms with Gasteiger partial charge in [-0.25, -0.2) is 9.97 Å². The number of hydrogen-bond donors (Lipinski definition) is 2. The lowest BCUT2D eigenvalue weighted by molar-refractivity contribution is -0.118. The molecule has 0 aliphatic heterocycles. The second-order valence-corrected chi connectivity index (χ2v) is 10.4. The van der Waals surface area contributed by atoms with Crippen molar-refractivity contribution in [3.05, 3.63) is 83.3 Å². The van der Waals surface area contributed by atoms with Gasteiger partial charge in [0.1, 0.15) is 17.8 Å². The van der Waals surface area contributed by atoms with Crippen LogP contribution in [0.4, 0.5) is 5.69 Å². The molecule has 2 aromatic heterocycles. The molecule has 0 saturated heterocycles. The number of nitrogens with one attached hydrogen (secondary N) is 2. The molecule has 0 saturated carbocycles. The van der Waals surface area contributed by atoms with Crippen LogP contribution in [0.25, 0.3) is 27.9 Å². The molecule has 6 nitrogen and oxygen atoms in total. The lowest BCUT2D eigenvalue weighted by Crippen LogP contribution is -2.15. The minimum atomic E-state index is -0.147. The molecule has 0 fully saturated rings. The average molecular weight is 479 g/mol. The number of aromatic nitrogens is 3. The highest BCUT2D eigenvalue weighted by atomic mass is 16.1. The summed E-state index contributed by atoms with van der Waals surface area (Å²) in [5, 5.41) is 3.98. The van der Waals surface area contributed by atoms with Crippen LogP contribution in [0.3, 0.4) is 0 Å². The third-order valence-electron chi connectivity index (χ3n) is 6.87. The van der Waals surface area contributed by atoms with Gasteiger partial charge in [0.15, 0.2) is 0 Å². The normalized spacial score (nSPS) is 14.1. The second-order valence-electron chi connectivity index (χ2n) is 10.4. The monoisotopic (exact) mass is 478 g/mol. The summed E-state index contributed by atoms with van der Waals surface area (Å²) in [5.74, 6) is 0.126. The van der Waals surface area contributed by atoms with Crippen LogP contribution in [0, 0.1) is 6.92 Å². The van der Waals surface area contributed by atoms with Crippen LogP contribution in [0.5, 0.6) is 0 Å². The van der Waals surface area contributed by atoms with Crippen molar-refractivity contribution in [1.29, 1.82) is 0 Å². The van der Waals surface area contributed by atoms with Crippen LogP contribution in [0.1, 0.15) is 67.2 Å². The van der Waals surface area contributed by atoms with Gasteiger partial charge >= 0.3 is 0 Å². The van der Waals surface area contributed by atoms with E-state index in [1.165, 1.54) is 5.56 Å². The van der Waals surface area contributed by atoms with Crippen molar-refractivity contribution in [3.8, 4) is 11.3 Å². The number of hydrogen-bond acceptors (Lipinski definition) is 4. The Morgan fingerprint density at radius 1 is 1.03 bits per heavy atom. The summed E-state index contributed by atoms with van der Waals surface area (Å²) in [6.07, 6.45) is 5.32. The van der Waals surface area contributed by atoms with Crippen molar-refractivity contribution in [2.24, 2.45) is 0 Å². The van der Waals surface area contributed by atoms with Crippen molar-refractivity contribution < 1.29 is 9.59 Å². The molecule has 0 unspecified atom stereocenters. The van der Waals surface area contributed by atoms with Crippen molar-refractivity contribution in [3.63, 3.8) is 0 Å². The molecule has 6 heteroatoms. The maximum absolute atomic E-state index is 13.0. The Morgan fingerprint density at radius 3 is 2.50 bits per heavy atom. The van der Waals surface area contributed by atoms with E-state index >= 15 is 0 Å². The third kappa shape index (κ3) is 4.59. The molecule has 1 aliphatic carbocycles. The number of anilines is 1. The van der Waals surface area contributed by atoms with E-state index in [2.05, 4.69) is 47.1 Å². The molecule has 0 spiro atoms. The Hall–Kier alpha value is -4.06. The van der Waals surface area contributed by atoms with Crippen LogP contribution in [0.15, 0.2) is 60.9 Å². The first-order valence-electron chi connectivity index (χ1n) is 12.3. The summed E-state index contributed by atoms with van der Waals surface area (Å²) in [7, 11) is 0. The summed E-state index contributed by atoms with van der Waals surface area (Å²) in [4.78, 5) is 37.1. The molecule has 2 heterocycles. The molecule has 0 atom stereocenters. The number of carbonyl (C=O) groups is 2. The highest BCUT2D eigenvalue weighted by molar-refractivity contribution is 6.05. The number of carbonyl (C=O) groups excluding carboxylic acids is 2. The van der Waals surface area contributed by atoms with E-state index in [1.54, 1.807) is 6.33 Å². The Kier molecular flexibility index (Phi) is 6.04. The van der Waals surface area contributed by atoms with Gasteiger partial charge in [0.2, 0.25) is 0 Å². The summed E-state index contributed by atoms with van der Waals surface area (Å²) in [6, 6.07) is 15.7. The first-order chi connectivity index (χ1) is 17.2. The largest absolute Gasteiger partial charge is 0.339 e. The number of fused-ring (bicyclic) bond motifs is 1. The van der Waals surface area contributed by atoms with Gasteiger partial charge in [-0.15, -0.1) is 0 Å². The van der Waals surface area contributed by atoms with Crippen LogP contribution in [-0.2, 0) is 10.2 Å². The topological polar surface area (TPSA) is 87.7 Å². The quantitative estimate of drug-likeness (QED) is 0.345. The summed E-state index contributed by atoms with van der Waals surface area (Å²) < 4.78 is 0. The van der Waals surface area contributed by atoms with Gasteiger partial charge in [0.25, 0.3) is 5.91 Å². The highest BCUT2D eigenvalue weighted by Gasteiger charge is 2.19. The Bertz CT molecular complexity index is 1500. The van der Waals surface area contributed by atoms with Crippen LogP contribution >= 0.6 is 0 Å². The molecule has 2 aromatic carbocycles. The van der Waals surface area contributed by atoms with Gasteiger partial charge in [-0.05, 0) is 59.7 Å². The minimum Gasteiger partial charge on any atom is -0.339 e. The molecule has 2 N–H and O–H groups in total. The standard InChI is InChI=1S/C30H30N4O2/c1-18-23(6-5-7-25(18)34-29(36)20-8-12-21(13-9-20)30(2,3)4)27-24-16-26(33-28(24)32-17-31-27)19-10-14-22(35)15-11-19/h5-10,12-13,16-17H,11,14-15H2,1-4H3,(H,34,36)(H,31,32,33). The molecule has 1 aliphatic rings. The number of benzene rings is 2. The SMILES string of the molecule is Cc1c(NC(=O)c2ccc(C(C)(C)C)cc2)cccc1-c1ncnc2[nH]c(C3=CCC(=O)CC3)cc12.